The summed E-state index contributed by atoms with van der Waals surface area (Å²) in [5.41, 5.74) is 2.36. The fourth-order valence-electron chi connectivity index (χ4n) is 2.60. The highest BCUT2D eigenvalue weighted by Crippen LogP contribution is 2.21. The van der Waals surface area contributed by atoms with Crippen molar-refractivity contribution in [3.8, 4) is 0 Å². The fraction of sp³-hybridized carbons (Fsp3) is 0.364. The molecule has 0 aliphatic carbocycles. The van der Waals surface area contributed by atoms with Crippen molar-refractivity contribution < 1.29 is 14.3 Å². The minimum absolute atomic E-state index is 0.0141. The molecule has 0 aliphatic rings. The Bertz CT molecular complexity index is 748. The minimum Gasteiger partial charge on any atom is -0.452 e. The average molecular weight is 386 g/mol. The van der Waals surface area contributed by atoms with Gasteiger partial charge in [-0.25, -0.2) is 0 Å². The highest BCUT2D eigenvalue weighted by molar-refractivity contribution is 8.00. The van der Waals surface area contributed by atoms with Gasteiger partial charge in [-0.05, 0) is 50.8 Å². The van der Waals surface area contributed by atoms with E-state index >= 15 is 0 Å². The number of esters is 1. The van der Waals surface area contributed by atoms with E-state index in [9.17, 15) is 9.59 Å². The SMILES string of the molecule is Cc1ccccc1SCC(=O)O[C@@H](C)C(=O)N[C@@H](C)CCc1ccccc1. The lowest BCUT2D eigenvalue weighted by molar-refractivity contribution is -0.152. The number of ether oxygens (including phenoxy) is 1. The number of hydrogen-bond acceptors (Lipinski definition) is 4. The van der Waals surface area contributed by atoms with Gasteiger partial charge in [0.25, 0.3) is 5.91 Å². The van der Waals surface area contributed by atoms with Crippen molar-refractivity contribution in [2.45, 2.75) is 50.7 Å². The first-order chi connectivity index (χ1) is 13.0. The third kappa shape index (κ3) is 7.47. The van der Waals surface area contributed by atoms with Gasteiger partial charge in [-0.2, -0.15) is 0 Å². The number of rotatable bonds is 9. The molecule has 1 N–H and O–H groups in total. The number of thioether (sulfide) groups is 1. The summed E-state index contributed by atoms with van der Waals surface area (Å²) in [6.45, 7) is 5.57. The molecular formula is C22H27NO3S. The Kier molecular flexibility index (Phi) is 8.40. The van der Waals surface area contributed by atoms with Crippen LogP contribution < -0.4 is 5.32 Å². The molecule has 0 fully saturated rings. The van der Waals surface area contributed by atoms with Gasteiger partial charge >= 0.3 is 5.97 Å². The molecular weight excluding hydrogens is 358 g/mol. The van der Waals surface area contributed by atoms with Crippen molar-refractivity contribution in [2.24, 2.45) is 0 Å². The Morgan fingerprint density at radius 2 is 1.70 bits per heavy atom. The smallest absolute Gasteiger partial charge is 0.317 e. The summed E-state index contributed by atoms with van der Waals surface area (Å²) in [5.74, 6) is -0.459. The summed E-state index contributed by atoms with van der Waals surface area (Å²) in [4.78, 5) is 25.3. The molecule has 0 aliphatic heterocycles. The summed E-state index contributed by atoms with van der Waals surface area (Å²) >= 11 is 1.42. The van der Waals surface area contributed by atoms with Gasteiger partial charge in [0.1, 0.15) is 0 Å². The van der Waals surface area contributed by atoms with Gasteiger partial charge in [-0.1, -0.05) is 48.5 Å². The van der Waals surface area contributed by atoms with E-state index in [0.29, 0.717) is 0 Å². The van der Waals surface area contributed by atoms with Crippen molar-refractivity contribution >= 4 is 23.6 Å². The summed E-state index contributed by atoms with van der Waals surface area (Å²) in [6.07, 6.45) is 0.928. The molecule has 0 spiro atoms. The number of carbonyl (C=O) groups is 2. The van der Waals surface area contributed by atoms with Crippen molar-refractivity contribution in [1.82, 2.24) is 5.32 Å². The van der Waals surface area contributed by atoms with Crippen LogP contribution in [0.5, 0.6) is 0 Å². The maximum Gasteiger partial charge on any atom is 0.317 e. The molecule has 2 atom stereocenters. The Morgan fingerprint density at radius 3 is 2.41 bits per heavy atom. The molecule has 1 amide bonds. The molecule has 0 saturated carbocycles. The topological polar surface area (TPSA) is 55.4 Å². The highest BCUT2D eigenvalue weighted by atomic mass is 32.2. The van der Waals surface area contributed by atoms with Gasteiger partial charge in [-0.15, -0.1) is 11.8 Å². The van der Waals surface area contributed by atoms with Crippen LogP contribution in [0.25, 0.3) is 0 Å². The van der Waals surface area contributed by atoms with E-state index < -0.39 is 6.10 Å². The van der Waals surface area contributed by atoms with Gasteiger partial charge < -0.3 is 10.1 Å². The van der Waals surface area contributed by atoms with E-state index in [4.69, 9.17) is 4.74 Å². The average Bonchev–Trinajstić information content (AvgIpc) is 2.66. The summed E-state index contributed by atoms with van der Waals surface area (Å²) in [6, 6.07) is 18.0. The van der Waals surface area contributed by atoms with Gasteiger partial charge in [0.15, 0.2) is 6.10 Å². The lowest BCUT2D eigenvalue weighted by Gasteiger charge is -2.18. The van der Waals surface area contributed by atoms with E-state index in [2.05, 4.69) is 17.4 Å². The molecule has 5 heteroatoms. The summed E-state index contributed by atoms with van der Waals surface area (Å²) in [7, 11) is 0. The Labute approximate surface area is 165 Å². The summed E-state index contributed by atoms with van der Waals surface area (Å²) < 4.78 is 5.27. The predicted molar refractivity (Wildman–Crippen MR) is 110 cm³/mol. The number of nitrogens with one attached hydrogen (secondary N) is 1. The zero-order valence-electron chi connectivity index (χ0n) is 16.1. The molecule has 4 nitrogen and oxygen atoms in total. The molecule has 2 rings (SSSR count). The minimum atomic E-state index is -0.797. The standard InChI is InChI=1S/C22H27NO3S/c1-16-9-7-8-12-20(16)27-15-21(24)26-18(3)22(25)23-17(2)13-14-19-10-5-4-6-11-19/h4-12,17-18H,13-15H2,1-3H3,(H,23,25)/t17-,18-/m0/s1. The van der Waals surface area contributed by atoms with Crippen LogP contribution in [-0.2, 0) is 20.7 Å². The normalized spacial score (nSPS) is 12.9. The van der Waals surface area contributed by atoms with Gasteiger partial charge in [0.05, 0.1) is 5.75 Å². The third-order valence-electron chi connectivity index (χ3n) is 4.21. The Hall–Kier alpha value is -2.27. The van der Waals surface area contributed by atoms with Gasteiger partial charge in [0, 0.05) is 10.9 Å². The van der Waals surface area contributed by atoms with Crippen LogP contribution in [0.4, 0.5) is 0 Å². The van der Waals surface area contributed by atoms with Gasteiger partial charge in [-0.3, -0.25) is 9.59 Å². The van der Waals surface area contributed by atoms with Crippen LogP contribution in [0.3, 0.4) is 0 Å². The van der Waals surface area contributed by atoms with Crippen molar-refractivity contribution in [3.63, 3.8) is 0 Å². The van der Waals surface area contributed by atoms with E-state index in [1.807, 2.05) is 56.3 Å². The van der Waals surface area contributed by atoms with Gasteiger partial charge in [0.2, 0.25) is 0 Å². The Morgan fingerprint density at radius 1 is 1.04 bits per heavy atom. The zero-order chi connectivity index (χ0) is 19.6. The second kappa shape index (κ2) is 10.8. The number of benzene rings is 2. The molecule has 2 aromatic carbocycles. The lowest BCUT2D eigenvalue weighted by atomic mass is 10.1. The second-order valence-electron chi connectivity index (χ2n) is 6.62. The van der Waals surface area contributed by atoms with Crippen molar-refractivity contribution in [3.05, 3.63) is 65.7 Å². The second-order valence-corrected chi connectivity index (χ2v) is 7.64. The molecule has 0 unspecified atom stereocenters. The highest BCUT2D eigenvalue weighted by Gasteiger charge is 2.19. The molecule has 0 bridgehead atoms. The van der Waals surface area contributed by atoms with E-state index in [1.165, 1.54) is 17.3 Å². The lowest BCUT2D eigenvalue weighted by Crippen LogP contribution is -2.41. The number of aryl methyl sites for hydroxylation is 2. The molecule has 0 saturated heterocycles. The molecule has 0 heterocycles. The number of amides is 1. The monoisotopic (exact) mass is 385 g/mol. The largest absolute Gasteiger partial charge is 0.452 e. The van der Waals surface area contributed by atoms with E-state index in [1.54, 1.807) is 6.92 Å². The van der Waals surface area contributed by atoms with Crippen LogP contribution in [0.2, 0.25) is 0 Å². The van der Waals surface area contributed by atoms with Crippen molar-refractivity contribution in [1.29, 1.82) is 0 Å². The van der Waals surface area contributed by atoms with Crippen molar-refractivity contribution in [2.75, 3.05) is 5.75 Å². The number of carbonyl (C=O) groups excluding carboxylic acids is 2. The maximum atomic E-state index is 12.2. The van der Waals surface area contributed by atoms with Crippen LogP contribution in [0.15, 0.2) is 59.5 Å². The van der Waals surface area contributed by atoms with Crippen LogP contribution in [-0.4, -0.2) is 29.8 Å². The zero-order valence-corrected chi connectivity index (χ0v) is 16.9. The first-order valence-corrected chi connectivity index (χ1v) is 10.2. The molecule has 0 radical (unpaired) electrons. The fourth-order valence-corrected chi connectivity index (χ4v) is 3.41. The van der Waals surface area contributed by atoms with E-state index in [0.717, 1.165) is 23.3 Å². The molecule has 0 aromatic heterocycles. The molecule has 144 valence electrons. The molecule has 27 heavy (non-hydrogen) atoms. The third-order valence-corrected chi connectivity index (χ3v) is 5.36. The van der Waals surface area contributed by atoms with Crippen LogP contribution in [0, 0.1) is 6.92 Å². The Balaban J connectivity index is 1.70. The molecule has 2 aromatic rings. The first-order valence-electron chi connectivity index (χ1n) is 9.18. The number of hydrogen-bond donors (Lipinski definition) is 1. The predicted octanol–water partition coefficient (Wildman–Crippen LogP) is 4.16. The van der Waals surface area contributed by atoms with Crippen LogP contribution >= 0.6 is 11.8 Å². The summed E-state index contributed by atoms with van der Waals surface area (Å²) in [5, 5.41) is 2.92. The maximum absolute atomic E-state index is 12.2. The first kappa shape index (κ1) is 21.0. The van der Waals surface area contributed by atoms with Crippen LogP contribution in [0.1, 0.15) is 31.4 Å². The van der Waals surface area contributed by atoms with E-state index in [-0.39, 0.29) is 23.7 Å². The quantitative estimate of drug-likeness (QED) is 0.520.